The molecule has 88 valence electrons. The van der Waals surface area contributed by atoms with Crippen LogP contribution in [0.1, 0.15) is 0 Å². The van der Waals surface area contributed by atoms with Crippen LogP contribution in [0.15, 0.2) is 23.3 Å². The zero-order valence-corrected chi connectivity index (χ0v) is 7.99. The molecular weight excluding hydrogens is 227 g/mol. The Labute approximate surface area is 87.9 Å². The first-order chi connectivity index (χ1) is 7.38. The molecule has 16 heavy (non-hydrogen) atoms. The van der Waals surface area contributed by atoms with Crippen molar-refractivity contribution in [2.75, 3.05) is 6.54 Å². The second-order valence-corrected chi connectivity index (χ2v) is 2.92. The van der Waals surface area contributed by atoms with E-state index in [4.69, 9.17) is 0 Å². The van der Waals surface area contributed by atoms with Crippen molar-refractivity contribution in [3.63, 3.8) is 0 Å². The first-order valence-corrected chi connectivity index (χ1v) is 4.23. The van der Waals surface area contributed by atoms with Crippen LogP contribution >= 0.6 is 0 Å². The molecule has 0 unspecified atom stereocenters. The summed E-state index contributed by atoms with van der Waals surface area (Å²) in [6, 6.07) is 1.40. The Morgan fingerprint density at radius 2 is 2.19 bits per heavy atom. The summed E-state index contributed by atoms with van der Waals surface area (Å²) in [5.41, 5.74) is -0.690. The predicted octanol–water partition coefficient (Wildman–Crippen LogP) is -0.0782. The lowest BCUT2D eigenvalue weighted by molar-refractivity contribution is -0.138. The Morgan fingerprint density at radius 1 is 1.50 bits per heavy atom. The van der Waals surface area contributed by atoms with Gasteiger partial charge >= 0.3 is 11.9 Å². The number of carbonyl (C=O) groups is 1. The SMILES string of the molecule is O=C(Cn1cccnc1=O)NCC(F)(F)F. The maximum Gasteiger partial charge on any atom is 0.405 e. The van der Waals surface area contributed by atoms with Crippen LogP contribution in [0.5, 0.6) is 0 Å². The highest BCUT2D eigenvalue weighted by molar-refractivity contribution is 5.75. The third kappa shape index (κ3) is 4.11. The van der Waals surface area contributed by atoms with Gasteiger partial charge in [-0.3, -0.25) is 9.36 Å². The molecule has 0 saturated carbocycles. The predicted molar refractivity (Wildman–Crippen MR) is 47.6 cm³/mol. The van der Waals surface area contributed by atoms with Gasteiger partial charge in [-0.2, -0.15) is 13.2 Å². The van der Waals surface area contributed by atoms with Crippen LogP contribution in [-0.4, -0.2) is 28.2 Å². The van der Waals surface area contributed by atoms with E-state index < -0.39 is 30.9 Å². The molecule has 5 nitrogen and oxygen atoms in total. The minimum Gasteiger partial charge on any atom is -0.345 e. The van der Waals surface area contributed by atoms with Gasteiger partial charge in [-0.05, 0) is 6.07 Å². The fourth-order valence-corrected chi connectivity index (χ4v) is 0.917. The number of nitrogens with one attached hydrogen (secondary N) is 1. The summed E-state index contributed by atoms with van der Waals surface area (Å²) < 4.78 is 36.1. The Balaban J connectivity index is 2.53. The van der Waals surface area contributed by atoms with Crippen molar-refractivity contribution >= 4 is 5.91 Å². The highest BCUT2D eigenvalue weighted by Crippen LogP contribution is 2.11. The number of carbonyl (C=O) groups excluding carboxylic acids is 1. The van der Waals surface area contributed by atoms with E-state index in [0.29, 0.717) is 0 Å². The number of alkyl halides is 3. The molecule has 0 aliphatic carbocycles. The molecule has 1 N–H and O–H groups in total. The van der Waals surface area contributed by atoms with E-state index in [-0.39, 0.29) is 0 Å². The van der Waals surface area contributed by atoms with Gasteiger partial charge in [-0.25, -0.2) is 9.78 Å². The molecule has 0 aromatic carbocycles. The van der Waals surface area contributed by atoms with Crippen LogP contribution in [0.3, 0.4) is 0 Å². The van der Waals surface area contributed by atoms with Gasteiger partial charge in [-0.1, -0.05) is 0 Å². The van der Waals surface area contributed by atoms with Gasteiger partial charge in [0.15, 0.2) is 0 Å². The third-order valence-electron chi connectivity index (χ3n) is 1.58. The number of nitrogens with zero attached hydrogens (tertiary/aromatic N) is 2. The first-order valence-electron chi connectivity index (χ1n) is 4.23. The number of rotatable bonds is 3. The normalized spacial score (nSPS) is 11.2. The van der Waals surface area contributed by atoms with Gasteiger partial charge in [0.05, 0.1) is 0 Å². The van der Waals surface area contributed by atoms with Gasteiger partial charge in [0, 0.05) is 12.4 Å². The number of aromatic nitrogens is 2. The standard InChI is InChI=1S/C8H8F3N3O2/c9-8(10,11)5-13-6(15)4-14-3-1-2-12-7(14)16/h1-3H,4-5H2,(H,13,15). The maximum atomic E-state index is 11.7. The number of hydrogen-bond acceptors (Lipinski definition) is 3. The van der Waals surface area contributed by atoms with Crippen LogP contribution in [0.2, 0.25) is 0 Å². The molecule has 0 radical (unpaired) electrons. The fraction of sp³-hybridized carbons (Fsp3) is 0.375. The monoisotopic (exact) mass is 235 g/mol. The van der Waals surface area contributed by atoms with Crippen molar-refractivity contribution in [3.8, 4) is 0 Å². The summed E-state index contributed by atoms with van der Waals surface area (Å²) >= 11 is 0. The molecule has 1 aromatic heterocycles. The second kappa shape index (κ2) is 4.77. The van der Waals surface area contributed by atoms with Crippen molar-refractivity contribution in [1.29, 1.82) is 0 Å². The van der Waals surface area contributed by atoms with E-state index in [1.165, 1.54) is 18.5 Å². The average Bonchev–Trinajstić information content (AvgIpc) is 2.18. The zero-order chi connectivity index (χ0) is 12.2. The van der Waals surface area contributed by atoms with Crippen molar-refractivity contribution in [2.45, 2.75) is 12.7 Å². The lowest BCUT2D eigenvalue weighted by atomic mass is 10.5. The molecule has 0 aliphatic rings. The van der Waals surface area contributed by atoms with Crippen LogP contribution in [0.25, 0.3) is 0 Å². The lowest BCUT2D eigenvalue weighted by Gasteiger charge is -2.08. The number of amides is 1. The van der Waals surface area contributed by atoms with E-state index in [1.807, 2.05) is 0 Å². The molecule has 1 rings (SSSR count). The van der Waals surface area contributed by atoms with E-state index >= 15 is 0 Å². The van der Waals surface area contributed by atoms with Gasteiger partial charge < -0.3 is 5.32 Å². The molecule has 0 spiro atoms. The van der Waals surface area contributed by atoms with E-state index in [2.05, 4.69) is 4.98 Å². The minimum atomic E-state index is -4.46. The quantitative estimate of drug-likeness (QED) is 0.797. The zero-order valence-electron chi connectivity index (χ0n) is 7.99. The Morgan fingerprint density at radius 3 is 2.75 bits per heavy atom. The topological polar surface area (TPSA) is 64.0 Å². The smallest absolute Gasteiger partial charge is 0.345 e. The first kappa shape index (κ1) is 12.2. The highest BCUT2D eigenvalue weighted by Gasteiger charge is 2.27. The minimum absolute atomic E-state index is 0.483. The summed E-state index contributed by atoms with van der Waals surface area (Å²) in [5, 5.41) is 1.65. The van der Waals surface area contributed by atoms with Gasteiger partial charge in [0.2, 0.25) is 5.91 Å². The highest BCUT2D eigenvalue weighted by atomic mass is 19.4. The van der Waals surface area contributed by atoms with Crippen LogP contribution in [0, 0.1) is 0 Å². The van der Waals surface area contributed by atoms with Gasteiger partial charge in [-0.15, -0.1) is 0 Å². The molecule has 8 heteroatoms. The Bertz CT molecular complexity index is 427. The molecule has 1 aromatic rings. The second-order valence-electron chi connectivity index (χ2n) is 2.92. The van der Waals surface area contributed by atoms with Crippen LogP contribution < -0.4 is 11.0 Å². The molecule has 0 bridgehead atoms. The van der Waals surface area contributed by atoms with E-state index in [1.54, 1.807) is 5.32 Å². The van der Waals surface area contributed by atoms with Crippen molar-refractivity contribution in [2.24, 2.45) is 0 Å². The van der Waals surface area contributed by atoms with Crippen molar-refractivity contribution < 1.29 is 18.0 Å². The molecule has 0 saturated heterocycles. The summed E-state index contributed by atoms with van der Waals surface area (Å²) in [4.78, 5) is 25.4. The summed E-state index contributed by atoms with van der Waals surface area (Å²) in [7, 11) is 0. The molecule has 0 atom stereocenters. The summed E-state index contributed by atoms with van der Waals surface area (Å²) in [6.45, 7) is -1.90. The van der Waals surface area contributed by atoms with Crippen molar-refractivity contribution in [3.05, 3.63) is 28.9 Å². The lowest BCUT2D eigenvalue weighted by Crippen LogP contribution is -2.38. The van der Waals surface area contributed by atoms with Gasteiger partial charge in [0.1, 0.15) is 13.1 Å². The fourth-order valence-electron chi connectivity index (χ4n) is 0.917. The van der Waals surface area contributed by atoms with E-state index in [0.717, 1.165) is 4.57 Å². The molecule has 1 amide bonds. The third-order valence-corrected chi connectivity index (χ3v) is 1.58. The van der Waals surface area contributed by atoms with Crippen LogP contribution in [-0.2, 0) is 11.3 Å². The average molecular weight is 235 g/mol. The largest absolute Gasteiger partial charge is 0.405 e. The molecule has 0 fully saturated rings. The van der Waals surface area contributed by atoms with Crippen molar-refractivity contribution in [1.82, 2.24) is 14.9 Å². The Hall–Kier alpha value is -1.86. The Kier molecular flexibility index (Phi) is 3.64. The molecular formula is C8H8F3N3O2. The van der Waals surface area contributed by atoms with E-state index in [9.17, 15) is 22.8 Å². The molecule has 0 aliphatic heterocycles. The summed E-state index contributed by atoms with van der Waals surface area (Å²) in [5.74, 6) is -0.896. The summed E-state index contributed by atoms with van der Waals surface area (Å²) in [6.07, 6.45) is -1.97. The van der Waals surface area contributed by atoms with Gasteiger partial charge in [0.25, 0.3) is 0 Å². The maximum absolute atomic E-state index is 11.7. The number of hydrogen-bond donors (Lipinski definition) is 1. The van der Waals surface area contributed by atoms with Crippen LogP contribution in [0.4, 0.5) is 13.2 Å². The number of halogens is 3. The molecule has 1 heterocycles.